The van der Waals surface area contributed by atoms with Crippen molar-refractivity contribution in [2.75, 3.05) is 19.0 Å². The number of hydrogen-bond donors (Lipinski definition) is 2. The average molecular weight is 346 g/mol. The number of amides is 2. The number of primary amides is 1. The van der Waals surface area contributed by atoms with Crippen LogP contribution >= 0.6 is 0 Å². The Morgan fingerprint density at radius 2 is 2.08 bits per heavy atom. The molecule has 8 heteroatoms. The molecule has 1 aromatic heterocycles. The first-order valence-corrected chi connectivity index (χ1v) is 7.90. The molecule has 0 aliphatic heterocycles. The Balaban J connectivity index is 2.17. The lowest BCUT2D eigenvalue weighted by Crippen LogP contribution is -2.20. The summed E-state index contributed by atoms with van der Waals surface area (Å²) in [4.78, 5) is 23.3. The zero-order chi connectivity index (χ0) is 18.4. The average Bonchev–Trinajstić information content (AvgIpc) is 3.06. The van der Waals surface area contributed by atoms with Crippen LogP contribution in [0.5, 0.6) is 11.5 Å². The Morgan fingerprint density at radius 1 is 1.32 bits per heavy atom. The molecule has 1 aromatic carbocycles. The molecule has 1 heterocycles. The number of ether oxygens (including phenoxy) is 2. The van der Waals surface area contributed by atoms with Crippen molar-refractivity contribution in [3.05, 3.63) is 36.0 Å². The number of benzene rings is 1. The van der Waals surface area contributed by atoms with Gasteiger partial charge in [-0.1, -0.05) is 6.92 Å². The highest BCUT2D eigenvalue weighted by molar-refractivity contribution is 6.04. The summed E-state index contributed by atoms with van der Waals surface area (Å²) in [5.41, 5.74) is 5.45. The third-order valence-electron chi connectivity index (χ3n) is 3.72. The standard InChI is InChI=1S/C17H22N4O4/c1-4-11(2)21-16(7-8-19-21)20-17(23)12-5-6-13(14(9-12)24-3)25-10-15(18)22/h5-9,11H,4,10H2,1-3H3,(H2,18,22)(H,20,23). The molecule has 2 aromatic rings. The van der Waals surface area contributed by atoms with Gasteiger partial charge in [0.25, 0.3) is 11.8 Å². The van der Waals surface area contributed by atoms with Crippen LogP contribution in [0.4, 0.5) is 5.82 Å². The van der Waals surface area contributed by atoms with Gasteiger partial charge in [-0.25, -0.2) is 4.68 Å². The van der Waals surface area contributed by atoms with Crippen LogP contribution in [0.15, 0.2) is 30.5 Å². The van der Waals surface area contributed by atoms with Gasteiger partial charge in [-0.15, -0.1) is 0 Å². The lowest BCUT2D eigenvalue weighted by molar-refractivity contribution is -0.119. The number of nitrogens with zero attached hydrogens (tertiary/aromatic N) is 2. The highest BCUT2D eigenvalue weighted by Gasteiger charge is 2.15. The lowest BCUT2D eigenvalue weighted by atomic mass is 10.2. The maximum Gasteiger partial charge on any atom is 0.256 e. The van der Waals surface area contributed by atoms with Gasteiger partial charge in [0, 0.05) is 11.6 Å². The van der Waals surface area contributed by atoms with E-state index in [-0.39, 0.29) is 18.6 Å². The maximum atomic E-state index is 12.5. The molecule has 3 N–H and O–H groups in total. The van der Waals surface area contributed by atoms with E-state index < -0.39 is 5.91 Å². The summed E-state index contributed by atoms with van der Waals surface area (Å²) in [6, 6.07) is 6.59. The van der Waals surface area contributed by atoms with E-state index in [1.54, 1.807) is 29.1 Å². The number of anilines is 1. The van der Waals surface area contributed by atoms with Crippen LogP contribution in [-0.2, 0) is 4.79 Å². The van der Waals surface area contributed by atoms with Gasteiger partial charge >= 0.3 is 0 Å². The molecule has 1 unspecified atom stereocenters. The molecule has 0 fully saturated rings. The van der Waals surface area contributed by atoms with Gasteiger partial charge in [0.15, 0.2) is 18.1 Å². The van der Waals surface area contributed by atoms with Gasteiger partial charge in [-0.2, -0.15) is 5.10 Å². The molecule has 2 rings (SSSR count). The Bertz CT molecular complexity index is 757. The quantitative estimate of drug-likeness (QED) is 0.760. The van der Waals surface area contributed by atoms with Gasteiger partial charge in [-0.05, 0) is 31.5 Å². The largest absolute Gasteiger partial charge is 0.493 e. The third kappa shape index (κ3) is 4.50. The summed E-state index contributed by atoms with van der Waals surface area (Å²) in [6.45, 7) is 3.81. The number of nitrogens with one attached hydrogen (secondary N) is 1. The van der Waals surface area contributed by atoms with E-state index in [2.05, 4.69) is 10.4 Å². The number of hydrogen-bond acceptors (Lipinski definition) is 5. The molecular weight excluding hydrogens is 324 g/mol. The second kappa shape index (κ2) is 8.18. The molecule has 134 valence electrons. The predicted molar refractivity (Wildman–Crippen MR) is 92.9 cm³/mol. The maximum absolute atomic E-state index is 12.5. The summed E-state index contributed by atoms with van der Waals surface area (Å²) in [5.74, 6) is 0.395. The molecule has 0 saturated heterocycles. The van der Waals surface area contributed by atoms with Gasteiger partial charge < -0.3 is 20.5 Å². The number of methoxy groups -OCH3 is 1. The summed E-state index contributed by atoms with van der Waals surface area (Å²) in [5, 5.41) is 7.07. The second-order valence-electron chi connectivity index (χ2n) is 5.49. The SMILES string of the molecule is CCC(C)n1nccc1NC(=O)c1ccc(OCC(N)=O)c(OC)c1. The Hall–Kier alpha value is -3.03. The van der Waals surface area contributed by atoms with Crippen LogP contribution in [-0.4, -0.2) is 35.3 Å². The first kappa shape index (κ1) is 18.3. The van der Waals surface area contributed by atoms with Crippen LogP contribution in [0.2, 0.25) is 0 Å². The Kier molecular flexibility index (Phi) is 5.99. The summed E-state index contributed by atoms with van der Waals surface area (Å²) >= 11 is 0. The van der Waals surface area contributed by atoms with Crippen molar-refractivity contribution in [1.29, 1.82) is 0 Å². The topological polar surface area (TPSA) is 108 Å². The minimum Gasteiger partial charge on any atom is -0.493 e. The molecule has 0 spiro atoms. The fourth-order valence-electron chi connectivity index (χ4n) is 2.20. The molecular formula is C17H22N4O4. The van der Waals surface area contributed by atoms with Crippen molar-refractivity contribution >= 4 is 17.6 Å². The summed E-state index contributed by atoms with van der Waals surface area (Å²) in [7, 11) is 1.45. The van der Waals surface area contributed by atoms with E-state index in [1.165, 1.54) is 13.2 Å². The van der Waals surface area contributed by atoms with Crippen molar-refractivity contribution in [2.45, 2.75) is 26.3 Å². The molecule has 0 aliphatic rings. The normalized spacial score (nSPS) is 11.6. The van der Waals surface area contributed by atoms with Crippen molar-refractivity contribution in [1.82, 2.24) is 9.78 Å². The van der Waals surface area contributed by atoms with Crippen LogP contribution in [0, 0.1) is 0 Å². The van der Waals surface area contributed by atoms with Crippen molar-refractivity contribution in [3.8, 4) is 11.5 Å². The van der Waals surface area contributed by atoms with Crippen LogP contribution in [0.3, 0.4) is 0 Å². The van der Waals surface area contributed by atoms with Gasteiger partial charge in [0.2, 0.25) is 0 Å². The molecule has 0 aliphatic carbocycles. The summed E-state index contributed by atoms with van der Waals surface area (Å²) in [6.07, 6.45) is 2.54. The predicted octanol–water partition coefficient (Wildman–Crippen LogP) is 1.98. The van der Waals surface area contributed by atoms with Crippen LogP contribution in [0.1, 0.15) is 36.7 Å². The molecule has 0 saturated carbocycles. The van der Waals surface area contributed by atoms with Crippen LogP contribution in [0.25, 0.3) is 0 Å². The van der Waals surface area contributed by atoms with Crippen molar-refractivity contribution < 1.29 is 19.1 Å². The van der Waals surface area contributed by atoms with E-state index in [9.17, 15) is 9.59 Å². The molecule has 0 radical (unpaired) electrons. The lowest BCUT2D eigenvalue weighted by Gasteiger charge is -2.15. The monoisotopic (exact) mass is 346 g/mol. The van der Waals surface area contributed by atoms with Crippen molar-refractivity contribution in [3.63, 3.8) is 0 Å². The van der Waals surface area contributed by atoms with E-state index in [1.807, 2.05) is 13.8 Å². The van der Waals surface area contributed by atoms with E-state index >= 15 is 0 Å². The smallest absolute Gasteiger partial charge is 0.256 e. The molecule has 8 nitrogen and oxygen atoms in total. The first-order valence-electron chi connectivity index (χ1n) is 7.90. The fourth-order valence-corrected chi connectivity index (χ4v) is 2.20. The van der Waals surface area contributed by atoms with Gasteiger partial charge in [-0.3, -0.25) is 9.59 Å². The number of aromatic nitrogens is 2. The van der Waals surface area contributed by atoms with Gasteiger partial charge in [0.05, 0.1) is 19.3 Å². The summed E-state index contributed by atoms with van der Waals surface area (Å²) < 4.78 is 12.2. The van der Waals surface area contributed by atoms with E-state index in [0.717, 1.165) is 6.42 Å². The van der Waals surface area contributed by atoms with E-state index in [0.29, 0.717) is 22.9 Å². The number of nitrogens with two attached hydrogens (primary N) is 1. The van der Waals surface area contributed by atoms with Crippen molar-refractivity contribution in [2.24, 2.45) is 5.73 Å². The molecule has 2 amide bonds. The highest BCUT2D eigenvalue weighted by Crippen LogP contribution is 2.28. The Morgan fingerprint density at radius 3 is 2.72 bits per heavy atom. The highest BCUT2D eigenvalue weighted by atomic mass is 16.5. The number of rotatable bonds is 8. The molecule has 0 bridgehead atoms. The Labute approximate surface area is 145 Å². The zero-order valence-electron chi connectivity index (χ0n) is 14.5. The van der Waals surface area contributed by atoms with Gasteiger partial charge in [0.1, 0.15) is 5.82 Å². The zero-order valence-corrected chi connectivity index (χ0v) is 14.5. The number of carbonyl (C=O) groups excluding carboxylic acids is 2. The molecule has 1 atom stereocenters. The second-order valence-corrected chi connectivity index (χ2v) is 5.49. The number of carbonyl (C=O) groups is 2. The molecule has 25 heavy (non-hydrogen) atoms. The minimum atomic E-state index is -0.595. The van der Waals surface area contributed by atoms with E-state index in [4.69, 9.17) is 15.2 Å². The first-order chi connectivity index (χ1) is 12.0. The minimum absolute atomic E-state index is 0.171. The van der Waals surface area contributed by atoms with Crippen LogP contribution < -0.4 is 20.5 Å². The fraction of sp³-hybridized carbons (Fsp3) is 0.353. The third-order valence-corrected chi connectivity index (χ3v) is 3.72.